The van der Waals surface area contributed by atoms with Gasteiger partial charge in [0.1, 0.15) is 12.7 Å². The predicted molar refractivity (Wildman–Crippen MR) is 81.1 cm³/mol. The number of aromatic nitrogens is 3. The van der Waals surface area contributed by atoms with Crippen LogP contribution in [-0.2, 0) is 11.2 Å². The maximum absolute atomic E-state index is 12.5. The van der Waals surface area contributed by atoms with E-state index in [4.69, 9.17) is 9.47 Å². The van der Waals surface area contributed by atoms with E-state index in [1.807, 2.05) is 27.7 Å². The van der Waals surface area contributed by atoms with Gasteiger partial charge in [-0.3, -0.25) is 4.79 Å². The number of ether oxygens (including phenoxy) is 2. The summed E-state index contributed by atoms with van der Waals surface area (Å²) in [4.78, 5) is 14.4. The number of piperidine rings is 1. The minimum absolute atomic E-state index is 0.158. The number of amides is 1. The zero-order chi connectivity index (χ0) is 15.6. The Labute approximate surface area is 133 Å². The lowest BCUT2D eigenvalue weighted by atomic mass is 10.0. The fraction of sp³-hybridized carbons (Fsp3) is 0.438. The van der Waals surface area contributed by atoms with Crippen molar-refractivity contribution in [2.45, 2.75) is 25.3 Å². The smallest absolute Gasteiger partial charge is 0.231 e. The Morgan fingerprint density at radius 2 is 1.87 bits per heavy atom. The van der Waals surface area contributed by atoms with Crippen molar-refractivity contribution in [1.29, 1.82) is 0 Å². The van der Waals surface area contributed by atoms with Gasteiger partial charge in [-0.05, 0) is 30.5 Å². The van der Waals surface area contributed by atoms with Crippen molar-refractivity contribution >= 4 is 5.91 Å². The molecule has 0 unspecified atom stereocenters. The van der Waals surface area contributed by atoms with Crippen LogP contribution >= 0.6 is 0 Å². The van der Waals surface area contributed by atoms with Gasteiger partial charge in [0, 0.05) is 19.1 Å². The number of hydrogen-bond acceptors (Lipinski definition) is 5. The Hall–Kier alpha value is -2.57. The molecule has 4 rings (SSSR count). The van der Waals surface area contributed by atoms with Crippen molar-refractivity contribution in [3.63, 3.8) is 0 Å². The van der Waals surface area contributed by atoms with Crippen LogP contribution in [0.2, 0.25) is 0 Å². The quantitative estimate of drug-likeness (QED) is 0.857. The van der Waals surface area contributed by atoms with Crippen molar-refractivity contribution in [2.24, 2.45) is 0 Å². The summed E-state index contributed by atoms with van der Waals surface area (Å²) in [6.45, 7) is 1.79. The van der Waals surface area contributed by atoms with Crippen LogP contribution in [0.15, 0.2) is 30.9 Å². The molecule has 0 bridgehead atoms. The number of carbonyl (C=O) groups excluding carboxylic acids is 1. The van der Waals surface area contributed by atoms with E-state index < -0.39 is 0 Å². The molecule has 0 N–H and O–H groups in total. The average Bonchev–Trinajstić information content (AvgIpc) is 3.26. The van der Waals surface area contributed by atoms with E-state index in [2.05, 4.69) is 10.2 Å². The first-order valence-corrected chi connectivity index (χ1v) is 7.80. The Balaban J connectivity index is 1.35. The Bertz CT molecular complexity index is 693. The fourth-order valence-corrected chi connectivity index (χ4v) is 3.15. The lowest BCUT2D eigenvalue weighted by Crippen LogP contribution is -2.39. The molecule has 0 radical (unpaired) electrons. The third-order valence-electron chi connectivity index (χ3n) is 4.47. The number of fused-ring (bicyclic) bond motifs is 1. The van der Waals surface area contributed by atoms with E-state index >= 15 is 0 Å². The molecule has 0 spiro atoms. The summed E-state index contributed by atoms with van der Waals surface area (Å²) < 4.78 is 12.7. The molecule has 2 aliphatic rings. The van der Waals surface area contributed by atoms with Crippen molar-refractivity contribution in [2.75, 3.05) is 19.9 Å². The van der Waals surface area contributed by atoms with Gasteiger partial charge < -0.3 is 18.9 Å². The van der Waals surface area contributed by atoms with Crippen molar-refractivity contribution in [3.05, 3.63) is 36.4 Å². The molecule has 1 aromatic heterocycles. The molecule has 7 heteroatoms. The van der Waals surface area contributed by atoms with Crippen LogP contribution in [0.1, 0.15) is 24.4 Å². The first-order valence-electron chi connectivity index (χ1n) is 7.80. The number of hydrogen-bond donors (Lipinski definition) is 0. The van der Waals surface area contributed by atoms with Crippen LogP contribution in [0.3, 0.4) is 0 Å². The predicted octanol–water partition coefficient (Wildman–Crippen LogP) is 1.41. The molecule has 1 aromatic carbocycles. The van der Waals surface area contributed by atoms with Crippen molar-refractivity contribution in [3.8, 4) is 11.5 Å². The monoisotopic (exact) mass is 314 g/mol. The van der Waals surface area contributed by atoms with Gasteiger partial charge in [-0.2, -0.15) is 0 Å². The van der Waals surface area contributed by atoms with Crippen LogP contribution in [-0.4, -0.2) is 45.5 Å². The van der Waals surface area contributed by atoms with Gasteiger partial charge in [-0.25, -0.2) is 0 Å². The molecule has 1 saturated heterocycles. The molecule has 1 amide bonds. The first kappa shape index (κ1) is 14.0. The van der Waals surface area contributed by atoms with E-state index in [-0.39, 0.29) is 12.7 Å². The topological polar surface area (TPSA) is 69.5 Å². The Kier molecular flexibility index (Phi) is 3.61. The molecule has 120 valence electrons. The van der Waals surface area contributed by atoms with Gasteiger partial charge in [-0.15, -0.1) is 10.2 Å². The summed E-state index contributed by atoms with van der Waals surface area (Å²) in [7, 11) is 0. The average molecular weight is 314 g/mol. The number of rotatable bonds is 3. The van der Waals surface area contributed by atoms with E-state index in [1.165, 1.54) is 0 Å². The molecule has 23 heavy (non-hydrogen) atoms. The summed E-state index contributed by atoms with van der Waals surface area (Å²) >= 11 is 0. The molecule has 0 aliphatic carbocycles. The molecule has 7 nitrogen and oxygen atoms in total. The highest BCUT2D eigenvalue weighted by atomic mass is 16.7. The van der Waals surface area contributed by atoms with Crippen molar-refractivity contribution in [1.82, 2.24) is 19.7 Å². The number of benzene rings is 1. The normalized spacial score (nSPS) is 17.5. The lowest BCUT2D eigenvalue weighted by molar-refractivity contribution is -0.131. The molecule has 0 saturated carbocycles. The number of likely N-dealkylation sites (tertiary alicyclic amines) is 1. The SMILES string of the molecule is O=C(Cc1ccc2c(c1)OCO2)N1CCC(n2cnnc2)CC1. The van der Waals surface area contributed by atoms with Gasteiger partial charge >= 0.3 is 0 Å². The summed E-state index contributed by atoms with van der Waals surface area (Å²) in [6.07, 6.45) is 5.76. The highest BCUT2D eigenvalue weighted by Gasteiger charge is 2.24. The second kappa shape index (κ2) is 5.91. The number of nitrogens with zero attached hydrogens (tertiary/aromatic N) is 4. The van der Waals surface area contributed by atoms with Crippen LogP contribution < -0.4 is 9.47 Å². The summed E-state index contributed by atoms with van der Waals surface area (Å²) in [5.41, 5.74) is 0.959. The molecule has 3 heterocycles. The van der Waals surface area contributed by atoms with E-state index in [1.54, 1.807) is 12.7 Å². The second-order valence-electron chi connectivity index (χ2n) is 5.89. The molecular weight excluding hydrogens is 296 g/mol. The molecule has 1 fully saturated rings. The van der Waals surface area contributed by atoms with Crippen LogP contribution in [0.4, 0.5) is 0 Å². The van der Waals surface area contributed by atoms with E-state index in [0.717, 1.165) is 43.0 Å². The maximum Gasteiger partial charge on any atom is 0.231 e. The van der Waals surface area contributed by atoms with Gasteiger partial charge in [-0.1, -0.05) is 6.07 Å². The Morgan fingerprint density at radius 1 is 1.13 bits per heavy atom. The zero-order valence-corrected chi connectivity index (χ0v) is 12.7. The summed E-state index contributed by atoms with van der Waals surface area (Å²) in [6, 6.07) is 6.07. The Morgan fingerprint density at radius 3 is 2.65 bits per heavy atom. The number of carbonyl (C=O) groups is 1. The minimum atomic E-state index is 0.158. The lowest BCUT2D eigenvalue weighted by Gasteiger charge is -2.32. The highest BCUT2D eigenvalue weighted by molar-refractivity contribution is 5.79. The van der Waals surface area contributed by atoms with Gasteiger partial charge in [0.2, 0.25) is 12.7 Å². The molecule has 2 aliphatic heterocycles. The van der Waals surface area contributed by atoms with Gasteiger partial charge in [0.15, 0.2) is 11.5 Å². The summed E-state index contributed by atoms with van der Waals surface area (Å²) in [5.74, 6) is 1.63. The maximum atomic E-state index is 12.5. The molecular formula is C16H18N4O3. The minimum Gasteiger partial charge on any atom is -0.454 e. The van der Waals surface area contributed by atoms with E-state index in [0.29, 0.717) is 12.5 Å². The molecule has 0 atom stereocenters. The van der Waals surface area contributed by atoms with Gasteiger partial charge in [0.25, 0.3) is 0 Å². The molecule has 2 aromatic rings. The van der Waals surface area contributed by atoms with Gasteiger partial charge in [0.05, 0.1) is 6.42 Å². The van der Waals surface area contributed by atoms with E-state index in [9.17, 15) is 4.79 Å². The third kappa shape index (κ3) is 2.86. The van der Waals surface area contributed by atoms with Crippen molar-refractivity contribution < 1.29 is 14.3 Å². The zero-order valence-electron chi connectivity index (χ0n) is 12.7. The van der Waals surface area contributed by atoms with Crippen LogP contribution in [0.5, 0.6) is 11.5 Å². The second-order valence-corrected chi connectivity index (χ2v) is 5.89. The largest absolute Gasteiger partial charge is 0.454 e. The standard InChI is InChI=1S/C16H18N4O3/c21-16(8-12-1-2-14-15(7-12)23-11-22-14)19-5-3-13(4-6-19)20-9-17-18-10-20/h1-2,7,9-10,13H,3-6,8,11H2. The van der Waals surface area contributed by atoms with Crippen LogP contribution in [0, 0.1) is 0 Å². The first-order chi connectivity index (χ1) is 11.3. The fourth-order valence-electron chi connectivity index (χ4n) is 3.15. The third-order valence-corrected chi connectivity index (χ3v) is 4.47. The highest BCUT2D eigenvalue weighted by Crippen LogP contribution is 2.32. The van der Waals surface area contributed by atoms with Crippen LogP contribution in [0.25, 0.3) is 0 Å². The summed E-state index contributed by atoms with van der Waals surface area (Å²) in [5, 5.41) is 7.69.